The van der Waals surface area contributed by atoms with Crippen molar-refractivity contribution < 1.29 is 9.59 Å². The molecule has 0 aromatic heterocycles. The molecule has 33 heavy (non-hydrogen) atoms. The summed E-state index contributed by atoms with van der Waals surface area (Å²) in [4.78, 5) is 30.3. The molecule has 0 radical (unpaired) electrons. The Bertz CT molecular complexity index is 1020. The SMILES string of the molecule is O=C(Nc1ccccc1)NC(Cc1ccccc1)C(=O)N1CCN(Cc2ccccc2)CC1. The molecule has 6 heteroatoms. The molecule has 1 fully saturated rings. The van der Waals surface area contributed by atoms with Gasteiger partial charge >= 0.3 is 6.03 Å². The quantitative estimate of drug-likeness (QED) is 0.586. The van der Waals surface area contributed by atoms with Gasteiger partial charge in [-0.15, -0.1) is 0 Å². The van der Waals surface area contributed by atoms with Crippen molar-refractivity contribution in [2.75, 3.05) is 31.5 Å². The van der Waals surface area contributed by atoms with E-state index < -0.39 is 6.04 Å². The summed E-state index contributed by atoms with van der Waals surface area (Å²) in [7, 11) is 0. The summed E-state index contributed by atoms with van der Waals surface area (Å²) in [5.74, 6) is -0.0403. The number of anilines is 1. The summed E-state index contributed by atoms with van der Waals surface area (Å²) in [6, 6.07) is 28.4. The number of piperazine rings is 1. The smallest absolute Gasteiger partial charge is 0.319 e. The van der Waals surface area contributed by atoms with Crippen molar-refractivity contribution in [3.05, 3.63) is 102 Å². The Morgan fingerprint density at radius 2 is 1.27 bits per heavy atom. The fourth-order valence-corrected chi connectivity index (χ4v) is 4.09. The van der Waals surface area contributed by atoms with Crippen molar-refractivity contribution in [1.29, 1.82) is 0 Å². The number of carbonyl (C=O) groups excluding carboxylic acids is 2. The van der Waals surface area contributed by atoms with Crippen LogP contribution in [-0.2, 0) is 17.8 Å². The van der Waals surface area contributed by atoms with Crippen LogP contribution < -0.4 is 10.6 Å². The molecular weight excluding hydrogens is 412 g/mol. The van der Waals surface area contributed by atoms with Gasteiger partial charge in [0.2, 0.25) is 5.91 Å². The lowest BCUT2D eigenvalue weighted by Gasteiger charge is -2.36. The van der Waals surface area contributed by atoms with Crippen molar-refractivity contribution in [3.8, 4) is 0 Å². The highest BCUT2D eigenvalue weighted by atomic mass is 16.2. The second-order valence-corrected chi connectivity index (χ2v) is 8.29. The van der Waals surface area contributed by atoms with Crippen molar-refractivity contribution in [2.45, 2.75) is 19.0 Å². The Morgan fingerprint density at radius 3 is 1.88 bits per heavy atom. The highest BCUT2D eigenvalue weighted by Crippen LogP contribution is 2.12. The Balaban J connectivity index is 1.38. The van der Waals surface area contributed by atoms with E-state index in [-0.39, 0.29) is 11.9 Å². The van der Waals surface area contributed by atoms with Gasteiger partial charge in [-0.2, -0.15) is 0 Å². The largest absolute Gasteiger partial charge is 0.338 e. The van der Waals surface area contributed by atoms with Crippen LogP contribution in [0.2, 0.25) is 0 Å². The number of carbonyl (C=O) groups is 2. The van der Waals surface area contributed by atoms with E-state index >= 15 is 0 Å². The van der Waals surface area contributed by atoms with Gasteiger partial charge in [-0.25, -0.2) is 4.79 Å². The van der Waals surface area contributed by atoms with Crippen LogP contribution in [0.25, 0.3) is 0 Å². The van der Waals surface area contributed by atoms with Crippen LogP contribution in [0, 0.1) is 0 Å². The normalized spacial score (nSPS) is 15.0. The van der Waals surface area contributed by atoms with Gasteiger partial charge in [-0.1, -0.05) is 78.9 Å². The Kier molecular flexibility index (Phi) is 7.72. The molecule has 1 aliphatic heterocycles. The lowest BCUT2D eigenvalue weighted by atomic mass is 10.0. The number of urea groups is 1. The molecule has 4 rings (SSSR count). The molecule has 1 atom stereocenters. The molecule has 3 aromatic carbocycles. The minimum absolute atomic E-state index is 0.0403. The van der Waals surface area contributed by atoms with E-state index in [1.54, 1.807) is 0 Å². The molecule has 3 aromatic rings. The number of rotatable bonds is 7. The van der Waals surface area contributed by atoms with Gasteiger partial charge in [0.05, 0.1) is 0 Å². The predicted octanol–water partition coefficient (Wildman–Crippen LogP) is 3.76. The van der Waals surface area contributed by atoms with Gasteiger partial charge in [0.1, 0.15) is 6.04 Å². The summed E-state index contributed by atoms with van der Waals surface area (Å²) in [5, 5.41) is 5.73. The zero-order valence-corrected chi connectivity index (χ0v) is 18.7. The number of amides is 3. The van der Waals surface area contributed by atoms with Crippen LogP contribution in [0.1, 0.15) is 11.1 Å². The van der Waals surface area contributed by atoms with E-state index in [1.807, 2.05) is 71.6 Å². The van der Waals surface area contributed by atoms with Crippen molar-refractivity contribution in [1.82, 2.24) is 15.1 Å². The van der Waals surface area contributed by atoms with Crippen LogP contribution in [-0.4, -0.2) is 54.0 Å². The van der Waals surface area contributed by atoms with Gasteiger partial charge in [0, 0.05) is 44.8 Å². The minimum Gasteiger partial charge on any atom is -0.338 e. The van der Waals surface area contributed by atoms with E-state index in [0.717, 1.165) is 25.2 Å². The summed E-state index contributed by atoms with van der Waals surface area (Å²) >= 11 is 0. The van der Waals surface area contributed by atoms with Crippen molar-refractivity contribution in [2.24, 2.45) is 0 Å². The molecule has 0 spiro atoms. The minimum atomic E-state index is -0.628. The van der Waals surface area contributed by atoms with E-state index in [0.29, 0.717) is 25.2 Å². The fourth-order valence-electron chi connectivity index (χ4n) is 4.09. The highest BCUT2D eigenvalue weighted by Gasteiger charge is 2.29. The first-order valence-corrected chi connectivity index (χ1v) is 11.4. The highest BCUT2D eigenvalue weighted by molar-refractivity contribution is 5.93. The first-order valence-electron chi connectivity index (χ1n) is 11.4. The van der Waals surface area contributed by atoms with Crippen LogP contribution in [0.4, 0.5) is 10.5 Å². The lowest BCUT2D eigenvalue weighted by Crippen LogP contribution is -2.55. The van der Waals surface area contributed by atoms with Gasteiger partial charge in [0.25, 0.3) is 0 Å². The molecule has 6 nitrogen and oxygen atoms in total. The Hall–Kier alpha value is -3.64. The van der Waals surface area contributed by atoms with Crippen LogP contribution in [0.3, 0.4) is 0 Å². The number of para-hydroxylation sites is 1. The molecule has 1 heterocycles. The standard InChI is InChI=1S/C27H30N4O2/c32-26(31-18-16-30(17-19-31)21-23-12-6-2-7-13-23)25(20-22-10-4-1-5-11-22)29-27(33)28-24-14-8-3-9-15-24/h1-15,25H,16-21H2,(H2,28,29,33). The number of hydrogen-bond donors (Lipinski definition) is 2. The van der Waals surface area contributed by atoms with Crippen LogP contribution in [0.5, 0.6) is 0 Å². The predicted molar refractivity (Wildman–Crippen MR) is 131 cm³/mol. The Labute approximate surface area is 195 Å². The lowest BCUT2D eigenvalue weighted by molar-refractivity contribution is -0.135. The molecule has 170 valence electrons. The number of nitrogens with zero attached hydrogens (tertiary/aromatic N) is 2. The summed E-state index contributed by atoms with van der Waals surface area (Å²) in [6.07, 6.45) is 0.451. The zero-order chi connectivity index (χ0) is 22.9. The molecule has 0 saturated carbocycles. The van der Waals surface area contributed by atoms with Gasteiger partial charge in [-0.05, 0) is 23.3 Å². The third kappa shape index (κ3) is 6.67. The van der Waals surface area contributed by atoms with E-state index in [9.17, 15) is 9.59 Å². The molecule has 1 saturated heterocycles. The van der Waals surface area contributed by atoms with Crippen LogP contribution in [0.15, 0.2) is 91.0 Å². The second-order valence-electron chi connectivity index (χ2n) is 8.29. The van der Waals surface area contributed by atoms with Gasteiger partial charge in [0.15, 0.2) is 0 Å². The van der Waals surface area contributed by atoms with E-state index in [1.165, 1.54) is 5.56 Å². The van der Waals surface area contributed by atoms with Crippen molar-refractivity contribution >= 4 is 17.6 Å². The third-order valence-electron chi connectivity index (χ3n) is 5.85. The second kappa shape index (κ2) is 11.3. The fraction of sp³-hybridized carbons (Fsp3) is 0.259. The monoisotopic (exact) mass is 442 g/mol. The molecule has 0 aliphatic carbocycles. The van der Waals surface area contributed by atoms with E-state index in [4.69, 9.17) is 0 Å². The molecule has 3 amide bonds. The number of nitrogens with one attached hydrogen (secondary N) is 2. The summed E-state index contributed by atoms with van der Waals surface area (Å²) in [6.45, 7) is 3.82. The first-order chi connectivity index (χ1) is 16.2. The van der Waals surface area contributed by atoms with Crippen molar-refractivity contribution in [3.63, 3.8) is 0 Å². The average Bonchev–Trinajstić information content (AvgIpc) is 2.85. The number of benzene rings is 3. The maximum absolute atomic E-state index is 13.4. The zero-order valence-electron chi connectivity index (χ0n) is 18.7. The van der Waals surface area contributed by atoms with E-state index in [2.05, 4.69) is 39.8 Å². The maximum Gasteiger partial charge on any atom is 0.319 e. The maximum atomic E-state index is 13.4. The molecule has 2 N–H and O–H groups in total. The number of hydrogen-bond acceptors (Lipinski definition) is 3. The summed E-state index contributed by atoms with van der Waals surface area (Å²) in [5.41, 5.74) is 2.98. The molecule has 1 aliphatic rings. The van der Waals surface area contributed by atoms with Gasteiger partial charge in [-0.3, -0.25) is 9.69 Å². The van der Waals surface area contributed by atoms with Gasteiger partial charge < -0.3 is 15.5 Å². The Morgan fingerprint density at radius 1 is 0.727 bits per heavy atom. The third-order valence-corrected chi connectivity index (χ3v) is 5.85. The first kappa shape index (κ1) is 22.6. The molecular formula is C27H30N4O2. The molecule has 0 bridgehead atoms. The molecule has 1 unspecified atom stereocenters. The average molecular weight is 443 g/mol. The summed E-state index contributed by atoms with van der Waals surface area (Å²) < 4.78 is 0. The topological polar surface area (TPSA) is 64.7 Å². The van der Waals surface area contributed by atoms with Crippen LogP contribution >= 0.6 is 0 Å².